The summed E-state index contributed by atoms with van der Waals surface area (Å²) in [5, 5.41) is 0. The number of carbonyl (C=O) groups is 2. The molecule has 2 N–H and O–H groups in total. The largest absolute Gasteiger partial charge is 0.369 e. The molecule has 2 saturated heterocycles. The molecule has 2 fully saturated rings. The lowest BCUT2D eigenvalue weighted by Crippen LogP contribution is -2.40. The lowest BCUT2D eigenvalue weighted by Gasteiger charge is -2.32. The van der Waals surface area contributed by atoms with Crippen molar-refractivity contribution in [2.45, 2.75) is 12.8 Å². The zero-order valence-electron chi connectivity index (χ0n) is 16.7. The minimum atomic E-state index is -0.308. The Morgan fingerprint density at radius 1 is 1.32 bits per heavy atom. The Morgan fingerprint density at radius 2 is 2.06 bits per heavy atom. The van der Waals surface area contributed by atoms with Crippen LogP contribution in [-0.2, 0) is 9.59 Å². The predicted octanol–water partition coefficient (Wildman–Crippen LogP) is 1.78. The highest BCUT2D eigenvalue weighted by Crippen LogP contribution is 2.34. The number of primary amides is 1. The first kappa shape index (κ1) is 21.3. The summed E-state index contributed by atoms with van der Waals surface area (Å²) in [6, 6.07) is 5.32. The molecule has 0 bridgehead atoms. The van der Waals surface area contributed by atoms with Gasteiger partial charge >= 0.3 is 0 Å². The van der Waals surface area contributed by atoms with Crippen LogP contribution in [0.25, 0.3) is 11.7 Å². The van der Waals surface area contributed by atoms with E-state index in [1.807, 2.05) is 11.0 Å². The summed E-state index contributed by atoms with van der Waals surface area (Å²) in [5.74, 6) is -0.257. The third-order valence-corrected chi connectivity index (χ3v) is 6.78. The van der Waals surface area contributed by atoms with Crippen molar-refractivity contribution < 1.29 is 9.59 Å². The number of amides is 2. The van der Waals surface area contributed by atoms with Gasteiger partial charge in [0, 0.05) is 31.7 Å². The van der Waals surface area contributed by atoms with E-state index in [-0.39, 0.29) is 23.3 Å². The minimum Gasteiger partial charge on any atom is -0.369 e. The highest BCUT2D eigenvalue weighted by Gasteiger charge is 2.32. The number of pyridine rings is 1. The van der Waals surface area contributed by atoms with Crippen molar-refractivity contribution in [3.8, 4) is 0 Å². The van der Waals surface area contributed by atoms with Crippen molar-refractivity contribution in [1.82, 2.24) is 14.3 Å². The van der Waals surface area contributed by atoms with Crippen molar-refractivity contribution in [1.29, 1.82) is 0 Å². The molecule has 2 aromatic rings. The van der Waals surface area contributed by atoms with Crippen LogP contribution in [0, 0.1) is 5.92 Å². The fraction of sp³-hybridized carbons (Fsp3) is 0.286. The molecule has 2 aliphatic heterocycles. The average Bonchev–Trinajstić information content (AvgIpc) is 3.03. The smallest absolute Gasteiger partial charge is 0.267 e. The van der Waals surface area contributed by atoms with Crippen molar-refractivity contribution in [2.24, 2.45) is 11.7 Å². The van der Waals surface area contributed by atoms with E-state index in [9.17, 15) is 14.4 Å². The number of fused-ring (bicyclic) bond motifs is 1. The molecular weight excluding hydrogens is 434 g/mol. The molecule has 31 heavy (non-hydrogen) atoms. The molecule has 4 heterocycles. The number of carbonyl (C=O) groups excluding carboxylic acids is 2. The normalized spacial score (nSPS) is 18.9. The van der Waals surface area contributed by atoms with Crippen LogP contribution in [-0.4, -0.2) is 50.1 Å². The quantitative estimate of drug-likeness (QED) is 0.417. The highest BCUT2D eigenvalue weighted by atomic mass is 32.2. The summed E-state index contributed by atoms with van der Waals surface area (Å²) in [6.45, 7) is 5.05. The standard InChI is InChI=1S/C21H21N5O3S2/c1-2-8-26-20(29)15(31-21(26)30)12-14-18(24-10-6-13(7-11-24)17(22)27)23-16-5-3-4-9-25(16)19(14)28/h2-5,9,12-13H,1,6-8,10-11H2,(H2,22,27)/b15-12+. The number of hydrogen-bond acceptors (Lipinski definition) is 7. The number of thioether (sulfide) groups is 1. The van der Waals surface area contributed by atoms with E-state index < -0.39 is 0 Å². The Bertz CT molecular complexity index is 1180. The van der Waals surface area contributed by atoms with Crippen molar-refractivity contribution >= 4 is 57.7 Å². The minimum absolute atomic E-state index is 0.184. The highest BCUT2D eigenvalue weighted by molar-refractivity contribution is 8.26. The molecule has 0 aliphatic carbocycles. The monoisotopic (exact) mass is 455 g/mol. The third kappa shape index (κ3) is 4.00. The van der Waals surface area contributed by atoms with Gasteiger partial charge in [-0.2, -0.15) is 0 Å². The number of aromatic nitrogens is 2. The summed E-state index contributed by atoms with van der Waals surface area (Å²) in [7, 11) is 0. The Labute approximate surface area is 188 Å². The maximum Gasteiger partial charge on any atom is 0.267 e. The Morgan fingerprint density at radius 3 is 2.74 bits per heavy atom. The number of hydrogen-bond donors (Lipinski definition) is 1. The van der Waals surface area contributed by atoms with E-state index >= 15 is 0 Å². The van der Waals surface area contributed by atoms with Gasteiger partial charge in [0.25, 0.3) is 11.5 Å². The molecule has 0 spiro atoms. The lowest BCUT2D eigenvalue weighted by atomic mass is 9.96. The van der Waals surface area contributed by atoms with E-state index in [0.717, 1.165) is 11.8 Å². The third-order valence-electron chi connectivity index (χ3n) is 5.41. The molecule has 160 valence electrons. The van der Waals surface area contributed by atoms with Gasteiger partial charge in [0.05, 0.1) is 10.5 Å². The van der Waals surface area contributed by atoms with Gasteiger partial charge in [-0.25, -0.2) is 4.98 Å². The lowest BCUT2D eigenvalue weighted by molar-refractivity contribution is -0.122. The molecule has 4 rings (SSSR count). The SMILES string of the molecule is C=CCN1C(=O)/C(=C\c2c(N3CCC(C(N)=O)CC3)nc3ccccn3c2=O)SC1=S. The fourth-order valence-corrected chi connectivity index (χ4v) is 5.01. The first-order valence-corrected chi connectivity index (χ1v) is 11.0. The van der Waals surface area contributed by atoms with Gasteiger partial charge in [0.15, 0.2) is 0 Å². The van der Waals surface area contributed by atoms with Gasteiger partial charge in [-0.1, -0.05) is 36.1 Å². The molecule has 2 aliphatic rings. The average molecular weight is 456 g/mol. The van der Waals surface area contributed by atoms with Crippen LogP contribution in [0.3, 0.4) is 0 Å². The van der Waals surface area contributed by atoms with E-state index in [0.29, 0.717) is 58.7 Å². The van der Waals surface area contributed by atoms with Crippen LogP contribution < -0.4 is 16.2 Å². The second-order valence-corrected chi connectivity index (χ2v) is 9.00. The number of nitrogens with two attached hydrogens (primary N) is 1. The molecule has 0 atom stereocenters. The Hall–Kier alpha value is -2.98. The summed E-state index contributed by atoms with van der Waals surface area (Å²) in [4.78, 5) is 46.2. The second-order valence-electron chi connectivity index (χ2n) is 7.33. The molecule has 0 saturated carbocycles. The first-order valence-electron chi connectivity index (χ1n) is 9.82. The van der Waals surface area contributed by atoms with Crippen LogP contribution >= 0.6 is 24.0 Å². The second kappa shape index (κ2) is 8.64. The van der Waals surface area contributed by atoms with E-state index in [4.69, 9.17) is 22.9 Å². The topological polar surface area (TPSA) is 101 Å². The van der Waals surface area contributed by atoms with Gasteiger partial charge in [-0.3, -0.25) is 23.7 Å². The van der Waals surface area contributed by atoms with Crippen molar-refractivity contribution in [3.05, 3.63) is 57.9 Å². The number of anilines is 1. The molecule has 0 radical (unpaired) electrons. The number of thiocarbonyl (C=S) groups is 1. The zero-order valence-corrected chi connectivity index (χ0v) is 18.3. The summed E-state index contributed by atoms with van der Waals surface area (Å²) < 4.78 is 1.88. The predicted molar refractivity (Wildman–Crippen MR) is 126 cm³/mol. The Balaban J connectivity index is 1.80. The van der Waals surface area contributed by atoms with Crippen molar-refractivity contribution in [3.63, 3.8) is 0 Å². The van der Waals surface area contributed by atoms with Gasteiger partial charge in [-0.15, -0.1) is 6.58 Å². The van der Waals surface area contributed by atoms with Gasteiger partial charge in [0.2, 0.25) is 5.91 Å². The Kier molecular flexibility index (Phi) is 5.92. The zero-order chi connectivity index (χ0) is 22.1. The van der Waals surface area contributed by atoms with Crippen LogP contribution in [0.4, 0.5) is 5.82 Å². The van der Waals surface area contributed by atoms with E-state index in [1.165, 1.54) is 9.30 Å². The first-order chi connectivity index (χ1) is 14.9. The van der Waals surface area contributed by atoms with Crippen LogP contribution in [0.15, 0.2) is 46.8 Å². The summed E-state index contributed by atoms with van der Waals surface area (Å²) in [5.41, 5.74) is 6.01. The summed E-state index contributed by atoms with van der Waals surface area (Å²) in [6.07, 6.45) is 6.01. The van der Waals surface area contributed by atoms with Gasteiger partial charge in [0.1, 0.15) is 15.8 Å². The fourth-order valence-electron chi connectivity index (χ4n) is 3.75. The molecular formula is C21H21N5O3S2. The maximum absolute atomic E-state index is 13.3. The molecule has 0 aromatic carbocycles. The van der Waals surface area contributed by atoms with E-state index in [2.05, 4.69) is 6.58 Å². The number of rotatable bonds is 5. The molecule has 10 heteroatoms. The van der Waals surface area contributed by atoms with Crippen LogP contribution in [0.5, 0.6) is 0 Å². The summed E-state index contributed by atoms with van der Waals surface area (Å²) >= 11 is 6.46. The molecule has 2 aromatic heterocycles. The molecule has 2 amide bonds. The van der Waals surface area contributed by atoms with E-state index in [1.54, 1.807) is 30.5 Å². The molecule has 8 nitrogen and oxygen atoms in total. The van der Waals surface area contributed by atoms with Gasteiger partial charge in [-0.05, 0) is 31.1 Å². The number of nitrogens with zero attached hydrogens (tertiary/aromatic N) is 4. The molecule has 0 unspecified atom stereocenters. The maximum atomic E-state index is 13.3. The number of piperidine rings is 1. The van der Waals surface area contributed by atoms with Gasteiger partial charge < -0.3 is 10.6 Å². The van der Waals surface area contributed by atoms with Crippen molar-refractivity contribution in [2.75, 3.05) is 24.5 Å². The van der Waals surface area contributed by atoms with Crippen LogP contribution in [0.2, 0.25) is 0 Å². The van der Waals surface area contributed by atoms with Crippen LogP contribution in [0.1, 0.15) is 18.4 Å².